The molecule has 176 valence electrons. The maximum absolute atomic E-state index is 13.6. The summed E-state index contributed by atoms with van der Waals surface area (Å²) in [6.45, 7) is 8.19. The van der Waals surface area contributed by atoms with E-state index in [4.69, 9.17) is 26.7 Å². The molecule has 2 saturated heterocycles. The zero-order chi connectivity index (χ0) is 23.7. The van der Waals surface area contributed by atoms with Crippen molar-refractivity contribution in [3.8, 4) is 0 Å². The quantitative estimate of drug-likeness (QED) is 0.349. The van der Waals surface area contributed by atoms with Gasteiger partial charge in [-0.05, 0) is 44.9 Å². The van der Waals surface area contributed by atoms with Crippen molar-refractivity contribution in [2.45, 2.75) is 39.4 Å². The maximum atomic E-state index is 13.6. The van der Waals surface area contributed by atoms with Gasteiger partial charge in [-0.15, -0.1) is 0 Å². The van der Waals surface area contributed by atoms with Gasteiger partial charge in [-0.3, -0.25) is 18.9 Å². The number of hydrogen-bond acceptors (Lipinski definition) is 8. The van der Waals surface area contributed by atoms with Gasteiger partial charge in [0.05, 0.1) is 22.7 Å². The molecule has 0 spiro atoms. The van der Waals surface area contributed by atoms with Crippen molar-refractivity contribution in [1.82, 2.24) is 14.3 Å². The Labute approximate surface area is 202 Å². The number of methoxy groups -OCH3 is 1. The number of carbonyl (C=O) groups excluding carboxylic acids is 1. The maximum Gasteiger partial charge on any atom is 0.267 e. The van der Waals surface area contributed by atoms with Gasteiger partial charge in [0.25, 0.3) is 11.5 Å². The second-order valence-corrected chi connectivity index (χ2v) is 10.1. The van der Waals surface area contributed by atoms with Crippen molar-refractivity contribution in [2.75, 3.05) is 38.3 Å². The number of thioether (sulfide) groups is 1. The van der Waals surface area contributed by atoms with Crippen LogP contribution in [0.15, 0.2) is 28.0 Å². The SMILES string of the molecule is COCCCN1C(=O)/C(=C/c2c(N3C[C@@H](C)O[C@H](C)C3)nc3c(C)cccn3c2=O)SC1=S. The number of amides is 1. The third kappa shape index (κ3) is 4.84. The van der Waals surface area contributed by atoms with Gasteiger partial charge in [0, 0.05) is 39.5 Å². The van der Waals surface area contributed by atoms with Crippen LogP contribution in [0, 0.1) is 6.92 Å². The van der Waals surface area contributed by atoms with Gasteiger partial charge < -0.3 is 14.4 Å². The number of thiocarbonyl (C=S) groups is 1. The molecule has 2 aliphatic rings. The summed E-state index contributed by atoms with van der Waals surface area (Å²) in [5.41, 5.74) is 1.68. The van der Waals surface area contributed by atoms with Gasteiger partial charge in [-0.2, -0.15) is 0 Å². The van der Waals surface area contributed by atoms with Gasteiger partial charge in [-0.1, -0.05) is 30.0 Å². The predicted octanol–water partition coefficient (Wildman–Crippen LogP) is 2.85. The molecular weight excluding hydrogens is 460 g/mol. The summed E-state index contributed by atoms with van der Waals surface area (Å²) in [5, 5.41) is 0. The summed E-state index contributed by atoms with van der Waals surface area (Å²) in [6.07, 6.45) is 4.04. The molecule has 1 amide bonds. The number of ether oxygens (including phenoxy) is 2. The van der Waals surface area contributed by atoms with E-state index in [2.05, 4.69) is 4.90 Å². The molecule has 2 aromatic rings. The molecule has 8 nitrogen and oxygen atoms in total. The highest BCUT2D eigenvalue weighted by molar-refractivity contribution is 8.26. The number of aryl methyl sites for hydroxylation is 1. The molecule has 2 aromatic heterocycles. The Bertz CT molecular complexity index is 1170. The fourth-order valence-corrected chi connectivity index (χ4v) is 5.50. The largest absolute Gasteiger partial charge is 0.385 e. The van der Waals surface area contributed by atoms with E-state index < -0.39 is 0 Å². The van der Waals surface area contributed by atoms with Crippen molar-refractivity contribution >= 4 is 51.7 Å². The van der Waals surface area contributed by atoms with E-state index in [0.717, 1.165) is 5.56 Å². The van der Waals surface area contributed by atoms with E-state index in [1.165, 1.54) is 16.2 Å². The average Bonchev–Trinajstić information content (AvgIpc) is 3.03. The number of pyridine rings is 1. The Morgan fingerprint density at radius 2 is 2.03 bits per heavy atom. The van der Waals surface area contributed by atoms with Crippen molar-refractivity contribution in [1.29, 1.82) is 0 Å². The highest BCUT2D eigenvalue weighted by Gasteiger charge is 2.33. The summed E-state index contributed by atoms with van der Waals surface area (Å²) in [6, 6.07) is 3.75. The molecule has 33 heavy (non-hydrogen) atoms. The first-order valence-electron chi connectivity index (χ1n) is 11.0. The van der Waals surface area contributed by atoms with Crippen LogP contribution in [0.1, 0.15) is 31.4 Å². The normalized spacial score (nSPS) is 22.7. The first-order chi connectivity index (χ1) is 15.8. The molecule has 4 heterocycles. The average molecular weight is 489 g/mol. The highest BCUT2D eigenvalue weighted by atomic mass is 32.2. The molecule has 4 rings (SSSR count). The molecule has 0 unspecified atom stereocenters. The molecular formula is C23H28N4O4S2. The summed E-state index contributed by atoms with van der Waals surface area (Å²) >= 11 is 6.65. The number of hydrogen-bond donors (Lipinski definition) is 0. The molecule has 0 N–H and O–H groups in total. The molecule has 2 aliphatic heterocycles. The van der Waals surface area contributed by atoms with Gasteiger partial charge in [0.15, 0.2) is 0 Å². The van der Waals surface area contributed by atoms with Crippen LogP contribution in [-0.2, 0) is 14.3 Å². The van der Waals surface area contributed by atoms with Gasteiger partial charge in [-0.25, -0.2) is 4.98 Å². The van der Waals surface area contributed by atoms with E-state index in [9.17, 15) is 9.59 Å². The Kier molecular flexibility index (Phi) is 7.18. The van der Waals surface area contributed by atoms with Crippen molar-refractivity contribution < 1.29 is 14.3 Å². The van der Waals surface area contributed by atoms with Crippen LogP contribution in [0.2, 0.25) is 0 Å². The number of fused-ring (bicyclic) bond motifs is 1. The minimum Gasteiger partial charge on any atom is -0.385 e. The Morgan fingerprint density at radius 3 is 2.73 bits per heavy atom. The van der Waals surface area contributed by atoms with Gasteiger partial charge >= 0.3 is 0 Å². The fraction of sp³-hybridized carbons (Fsp3) is 0.478. The third-order valence-corrected chi connectivity index (χ3v) is 7.04. The highest BCUT2D eigenvalue weighted by Crippen LogP contribution is 2.34. The Morgan fingerprint density at radius 1 is 1.30 bits per heavy atom. The predicted molar refractivity (Wildman–Crippen MR) is 135 cm³/mol. The molecule has 0 aromatic carbocycles. The summed E-state index contributed by atoms with van der Waals surface area (Å²) in [4.78, 5) is 35.7. The van der Waals surface area contributed by atoms with Crippen molar-refractivity contribution in [2.24, 2.45) is 0 Å². The van der Waals surface area contributed by atoms with E-state index in [0.29, 0.717) is 58.9 Å². The second kappa shape index (κ2) is 9.92. The standard InChI is InChI=1S/C23H28N4O4S2/c1-14-7-5-8-26-19(14)24-20(25-12-15(2)31-16(3)13-25)17(21(26)28)11-18-22(29)27(23(32)33-18)9-6-10-30-4/h5,7-8,11,15-16H,6,9-10,12-13H2,1-4H3/b18-11-/t15-,16-/m1/s1. The van der Waals surface area contributed by atoms with E-state index in [-0.39, 0.29) is 23.7 Å². The lowest BCUT2D eigenvalue weighted by molar-refractivity contribution is -0.122. The lowest BCUT2D eigenvalue weighted by Gasteiger charge is -2.36. The van der Waals surface area contributed by atoms with Crippen molar-refractivity contribution in [3.05, 3.63) is 44.7 Å². The van der Waals surface area contributed by atoms with Gasteiger partial charge in [0.2, 0.25) is 0 Å². The number of carbonyl (C=O) groups is 1. The van der Waals surface area contributed by atoms with E-state index in [1.54, 1.807) is 24.3 Å². The first kappa shape index (κ1) is 23.9. The molecule has 0 radical (unpaired) electrons. The van der Waals surface area contributed by atoms with Crippen molar-refractivity contribution in [3.63, 3.8) is 0 Å². The molecule has 0 bridgehead atoms. The molecule has 10 heteroatoms. The van der Waals surface area contributed by atoms with E-state index in [1.807, 2.05) is 32.9 Å². The lowest BCUT2D eigenvalue weighted by atomic mass is 10.1. The monoisotopic (exact) mass is 488 g/mol. The van der Waals surface area contributed by atoms with Crippen LogP contribution in [0.25, 0.3) is 11.7 Å². The van der Waals surface area contributed by atoms with Gasteiger partial charge in [0.1, 0.15) is 15.8 Å². The zero-order valence-electron chi connectivity index (χ0n) is 19.2. The first-order valence-corrected chi connectivity index (χ1v) is 12.2. The van der Waals surface area contributed by atoms with Crippen LogP contribution in [0.4, 0.5) is 5.82 Å². The lowest BCUT2D eigenvalue weighted by Crippen LogP contribution is -2.46. The fourth-order valence-electron chi connectivity index (χ4n) is 4.21. The minimum atomic E-state index is -0.213. The third-order valence-electron chi connectivity index (χ3n) is 5.66. The number of rotatable bonds is 6. The molecule has 0 aliphatic carbocycles. The molecule has 2 atom stereocenters. The van der Waals surface area contributed by atoms with Crippen LogP contribution in [-0.4, -0.2) is 70.1 Å². The van der Waals surface area contributed by atoms with Crippen LogP contribution >= 0.6 is 24.0 Å². The summed E-state index contributed by atoms with van der Waals surface area (Å²) in [7, 11) is 1.63. The molecule has 2 fully saturated rings. The Hall–Kier alpha value is -2.27. The summed E-state index contributed by atoms with van der Waals surface area (Å²) in [5.74, 6) is 0.380. The smallest absolute Gasteiger partial charge is 0.267 e. The van der Waals surface area contributed by atoms with E-state index >= 15 is 0 Å². The number of nitrogens with zero attached hydrogens (tertiary/aromatic N) is 4. The molecule has 0 saturated carbocycles. The second-order valence-electron chi connectivity index (χ2n) is 8.38. The minimum absolute atomic E-state index is 0.00211. The number of aromatic nitrogens is 2. The van der Waals surface area contributed by atoms with Crippen LogP contribution in [0.5, 0.6) is 0 Å². The van der Waals surface area contributed by atoms with Crippen LogP contribution in [0.3, 0.4) is 0 Å². The zero-order valence-corrected chi connectivity index (χ0v) is 20.9. The van der Waals surface area contributed by atoms with Crippen LogP contribution < -0.4 is 10.5 Å². The number of anilines is 1. The Balaban J connectivity index is 1.81. The summed E-state index contributed by atoms with van der Waals surface area (Å²) < 4.78 is 13.0. The number of morpholine rings is 1. The topological polar surface area (TPSA) is 76.4 Å².